The normalized spacial score (nSPS) is 15.0. The highest BCUT2D eigenvalue weighted by molar-refractivity contribution is 5.20. The van der Waals surface area contributed by atoms with Crippen molar-refractivity contribution in [1.82, 2.24) is 9.97 Å². The average Bonchev–Trinajstić information content (AvgIpc) is 2.60. The van der Waals surface area contributed by atoms with Crippen LogP contribution in [0.3, 0.4) is 0 Å². The quantitative estimate of drug-likeness (QED) is 0.539. The Hall–Kier alpha value is -1.11. The fraction of sp³-hybridized carbons (Fsp3) is 0.667. The Morgan fingerprint density at radius 2 is 2.27 bits per heavy atom. The van der Waals surface area contributed by atoms with Gasteiger partial charge in [0.1, 0.15) is 6.10 Å². The zero-order chi connectivity index (χ0) is 11.4. The first kappa shape index (κ1) is 12.0. The molecule has 1 aromatic heterocycles. The van der Waals surface area contributed by atoms with Gasteiger partial charge in [-0.05, 0) is 13.8 Å². The van der Waals surface area contributed by atoms with Gasteiger partial charge in [-0.15, -0.1) is 0 Å². The number of nitrogens with zero attached hydrogens (tertiary/aromatic N) is 1. The Bertz CT molecular complexity index is 312. The van der Waals surface area contributed by atoms with Crippen LogP contribution in [-0.2, 0) is 6.61 Å². The molecule has 6 nitrogen and oxygen atoms in total. The summed E-state index contributed by atoms with van der Waals surface area (Å²) < 4.78 is 5.13. The molecule has 0 aliphatic carbocycles. The summed E-state index contributed by atoms with van der Waals surface area (Å²) in [6, 6.07) is -0.163. The average molecular weight is 215 g/mol. The van der Waals surface area contributed by atoms with Gasteiger partial charge in [0.25, 0.3) is 6.01 Å². The minimum atomic E-state index is -0.905. The molecular formula is C9H17N3O3. The fourth-order valence-electron chi connectivity index (χ4n) is 1.22. The van der Waals surface area contributed by atoms with E-state index in [9.17, 15) is 5.11 Å². The van der Waals surface area contributed by atoms with Crippen LogP contribution >= 0.6 is 0 Å². The molecule has 6 heteroatoms. The predicted octanol–water partition coefficient (Wildman–Crippen LogP) is -0.319. The number of rotatable bonds is 5. The van der Waals surface area contributed by atoms with Gasteiger partial charge in [0.2, 0.25) is 0 Å². The molecule has 1 heterocycles. The lowest BCUT2D eigenvalue weighted by atomic mass is 10.1. The minimum absolute atomic E-state index is 0.237. The van der Waals surface area contributed by atoms with E-state index in [0.29, 0.717) is 18.0 Å². The molecule has 0 aliphatic rings. The molecule has 0 spiro atoms. The van der Waals surface area contributed by atoms with Gasteiger partial charge in [0.15, 0.2) is 0 Å². The SMILES string of the molecule is CCOc1nc(C(O)C(C)N)c(CO)[nH]1. The molecule has 0 radical (unpaired) electrons. The van der Waals surface area contributed by atoms with Crippen molar-refractivity contribution in [3.63, 3.8) is 0 Å². The maximum Gasteiger partial charge on any atom is 0.294 e. The Balaban J connectivity index is 2.94. The molecule has 0 aliphatic heterocycles. The van der Waals surface area contributed by atoms with E-state index < -0.39 is 12.1 Å². The van der Waals surface area contributed by atoms with Crippen LogP contribution in [0.2, 0.25) is 0 Å². The van der Waals surface area contributed by atoms with E-state index in [0.717, 1.165) is 0 Å². The summed E-state index contributed by atoms with van der Waals surface area (Å²) in [6.45, 7) is 3.72. The van der Waals surface area contributed by atoms with E-state index >= 15 is 0 Å². The largest absolute Gasteiger partial charge is 0.465 e. The molecule has 1 aromatic rings. The molecule has 2 unspecified atom stereocenters. The van der Waals surface area contributed by atoms with Gasteiger partial charge >= 0.3 is 0 Å². The zero-order valence-electron chi connectivity index (χ0n) is 8.90. The number of aliphatic hydroxyl groups is 2. The van der Waals surface area contributed by atoms with E-state index in [1.165, 1.54) is 0 Å². The lowest BCUT2D eigenvalue weighted by molar-refractivity contribution is 0.145. The zero-order valence-corrected chi connectivity index (χ0v) is 8.90. The van der Waals surface area contributed by atoms with Crippen molar-refractivity contribution >= 4 is 0 Å². The molecule has 0 amide bonds. The second-order valence-electron chi connectivity index (χ2n) is 3.30. The van der Waals surface area contributed by atoms with Gasteiger partial charge in [0, 0.05) is 6.04 Å². The van der Waals surface area contributed by atoms with Gasteiger partial charge in [0.05, 0.1) is 24.6 Å². The van der Waals surface area contributed by atoms with Crippen molar-refractivity contribution in [3.8, 4) is 6.01 Å². The van der Waals surface area contributed by atoms with Crippen LogP contribution < -0.4 is 10.5 Å². The van der Waals surface area contributed by atoms with Crippen LogP contribution in [0.4, 0.5) is 0 Å². The van der Waals surface area contributed by atoms with E-state index in [-0.39, 0.29) is 12.6 Å². The number of ether oxygens (including phenoxy) is 1. The second kappa shape index (κ2) is 5.11. The van der Waals surface area contributed by atoms with Crippen molar-refractivity contribution in [2.45, 2.75) is 32.6 Å². The molecule has 0 bridgehead atoms. The highest BCUT2D eigenvalue weighted by Gasteiger charge is 2.21. The molecule has 0 aromatic carbocycles. The van der Waals surface area contributed by atoms with Gasteiger partial charge < -0.3 is 25.7 Å². The third-order valence-corrected chi connectivity index (χ3v) is 2.01. The number of hydrogen-bond donors (Lipinski definition) is 4. The van der Waals surface area contributed by atoms with Crippen molar-refractivity contribution in [2.75, 3.05) is 6.61 Å². The minimum Gasteiger partial charge on any atom is -0.465 e. The number of H-pyrrole nitrogens is 1. The Morgan fingerprint density at radius 3 is 2.73 bits per heavy atom. The van der Waals surface area contributed by atoms with Gasteiger partial charge in [-0.1, -0.05) is 0 Å². The number of hydrogen-bond acceptors (Lipinski definition) is 5. The smallest absolute Gasteiger partial charge is 0.294 e. The van der Waals surface area contributed by atoms with Gasteiger partial charge in [-0.3, -0.25) is 0 Å². The number of nitrogens with two attached hydrogens (primary N) is 1. The lowest BCUT2D eigenvalue weighted by Crippen LogP contribution is -2.25. The summed E-state index contributed by atoms with van der Waals surface area (Å²) >= 11 is 0. The first-order valence-corrected chi connectivity index (χ1v) is 4.86. The first-order chi connectivity index (χ1) is 7.10. The van der Waals surface area contributed by atoms with Crippen molar-refractivity contribution in [2.24, 2.45) is 5.73 Å². The fourth-order valence-corrected chi connectivity index (χ4v) is 1.22. The number of aliphatic hydroxyl groups excluding tert-OH is 2. The lowest BCUT2D eigenvalue weighted by Gasteiger charge is -2.12. The second-order valence-corrected chi connectivity index (χ2v) is 3.30. The highest BCUT2D eigenvalue weighted by Crippen LogP contribution is 2.21. The van der Waals surface area contributed by atoms with Crippen LogP contribution in [-0.4, -0.2) is 32.8 Å². The standard InChI is InChI=1S/C9H17N3O3/c1-3-15-9-11-6(4-13)7(12-9)8(14)5(2)10/h5,8,13-14H,3-4,10H2,1-2H3,(H,11,12). The molecule has 0 saturated carbocycles. The Morgan fingerprint density at radius 1 is 1.60 bits per heavy atom. The third-order valence-electron chi connectivity index (χ3n) is 2.01. The molecule has 0 fully saturated rings. The topological polar surface area (TPSA) is 104 Å². The van der Waals surface area contributed by atoms with Crippen molar-refractivity contribution in [1.29, 1.82) is 0 Å². The predicted molar refractivity (Wildman–Crippen MR) is 54.3 cm³/mol. The number of imidazole rings is 1. The number of aromatic nitrogens is 2. The van der Waals surface area contributed by atoms with Crippen LogP contribution in [0.5, 0.6) is 6.01 Å². The Labute approximate surface area is 88.1 Å². The summed E-state index contributed by atoms with van der Waals surface area (Å²) in [5.41, 5.74) is 6.33. The molecule has 86 valence electrons. The number of nitrogens with one attached hydrogen (secondary N) is 1. The van der Waals surface area contributed by atoms with Crippen LogP contribution in [0.15, 0.2) is 0 Å². The Kier molecular flexibility index (Phi) is 4.07. The summed E-state index contributed by atoms with van der Waals surface area (Å²) in [5.74, 6) is 0. The molecule has 2 atom stereocenters. The van der Waals surface area contributed by atoms with Crippen LogP contribution in [0.1, 0.15) is 31.3 Å². The van der Waals surface area contributed by atoms with Gasteiger partial charge in [-0.2, -0.15) is 4.98 Å². The molecular weight excluding hydrogens is 198 g/mol. The summed E-state index contributed by atoms with van der Waals surface area (Å²) in [7, 11) is 0. The highest BCUT2D eigenvalue weighted by atomic mass is 16.5. The molecule has 5 N–H and O–H groups in total. The first-order valence-electron chi connectivity index (χ1n) is 4.86. The number of aromatic amines is 1. The summed E-state index contributed by atoms with van der Waals surface area (Å²) in [5, 5.41) is 18.8. The monoisotopic (exact) mass is 215 g/mol. The maximum absolute atomic E-state index is 9.72. The third kappa shape index (κ3) is 2.68. The molecule has 1 rings (SSSR count). The van der Waals surface area contributed by atoms with Crippen LogP contribution in [0, 0.1) is 0 Å². The van der Waals surface area contributed by atoms with E-state index in [1.54, 1.807) is 6.92 Å². The van der Waals surface area contributed by atoms with Crippen molar-refractivity contribution < 1.29 is 14.9 Å². The van der Waals surface area contributed by atoms with Crippen LogP contribution in [0.25, 0.3) is 0 Å². The molecule has 0 saturated heterocycles. The van der Waals surface area contributed by atoms with Gasteiger partial charge in [-0.25, -0.2) is 0 Å². The van der Waals surface area contributed by atoms with E-state index in [4.69, 9.17) is 15.6 Å². The van der Waals surface area contributed by atoms with Crippen molar-refractivity contribution in [3.05, 3.63) is 11.4 Å². The summed E-state index contributed by atoms with van der Waals surface area (Å²) in [6.07, 6.45) is -0.905. The van der Waals surface area contributed by atoms with E-state index in [2.05, 4.69) is 9.97 Å². The maximum atomic E-state index is 9.72. The van der Waals surface area contributed by atoms with E-state index in [1.807, 2.05) is 6.92 Å². The molecule has 15 heavy (non-hydrogen) atoms. The summed E-state index contributed by atoms with van der Waals surface area (Å²) in [4.78, 5) is 6.79.